The van der Waals surface area contributed by atoms with Crippen molar-refractivity contribution in [2.75, 3.05) is 0 Å². The lowest BCUT2D eigenvalue weighted by molar-refractivity contribution is -0.130. The Morgan fingerprint density at radius 2 is 1.66 bits per heavy atom. The summed E-state index contributed by atoms with van der Waals surface area (Å²) in [4.78, 5) is 14.7. The van der Waals surface area contributed by atoms with Crippen LogP contribution in [0.3, 0.4) is 0 Å². The van der Waals surface area contributed by atoms with E-state index in [2.05, 4.69) is 15.9 Å². The highest BCUT2D eigenvalue weighted by atomic mass is 79.9. The molecule has 4 rings (SSSR count). The molecule has 0 spiro atoms. The minimum absolute atomic E-state index is 0.253. The number of carbonyl (C=O) groups is 1. The van der Waals surface area contributed by atoms with Crippen LogP contribution in [0.2, 0.25) is 0 Å². The zero-order valence-corrected chi connectivity index (χ0v) is 17.4. The number of aliphatic hydroxyl groups is 1. The van der Waals surface area contributed by atoms with E-state index in [1.807, 2.05) is 55.5 Å². The Morgan fingerprint density at radius 3 is 2.31 bits per heavy atom. The zero-order chi connectivity index (χ0) is 20.5. The van der Waals surface area contributed by atoms with Gasteiger partial charge >= 0.3 is 0 Å². The first-order valence-corrected chi connectivity index (χ1v) is 10.0. The van der Waals surface area contributed by atoms with E-state index < -0.39 is 11.9 Å². The molecule has 3 nitrogen and oxygen atoms in total. The first-order valence-electron chi connectivity index (χ1n) is 9.25. The van der Waals surface area contributed by atoms with Gasteiger partial charge in [0, 0.05) is 16.6 Å². The van der Waals surface area contributed by atoms with Crippen molar-refractivity contribution in [1.82, 2.24) is 4.90 Å². The SMILES string of the molecule is Cc1ccc(C2=C(O)C(=O)N(Cc3ccc(F)cc3)[C@H]2c2ccccc2Br)cc1. The molecule has 1 N–H and O–H groups in total. The summed E-state index contributed by atoms with van der Waals surface area (Å²) in [5, 5.41) is 10.8. The molecule has 3 aromatic carbocycles. The molecule has 5 heteroatoms. The number of halogens is 2. The molecule has 0 bridgehead atoms. The molecule has 0 saturated heterocycles. The van der Waals surface area contributed by atoms with Gasteiger partial charge in [0.15, 0.2) is 5.76 Å². The Kier molecular flexibility index (Phi) is 5.24. The molecule has 29 heavy (non-hydrogen) atoms. The lowest BCUT2D eigenvalue weighted by Crippen LogP contribution is -2.30. The summed E-state index contributed by atoms with van der Waals surface area (Å²) in [5.74, 6) is -1.02. The van der Waals surface area contributed by atoms with Crippen LogP contribution in [-0.2, 0) is 11.3 Å². The number of hydrogen-bond donors (Lipinski definition) is 1. The molecule has 1 heterocycles. The van der Waals surface area contributed by atoms with Crippen molar-refractivity contribution in [3.8, 4) is 0 Å². The first kappa shape index (κ1) is 19.4. The summed E-state index contributed by atoms with van der Waals surface area (Å²) in [6.45, 7) is 2.24. The number of benzene rings is 3. The van der Waals surface area contributed by atoms with Gasteiger partial charge in [-0.25, -0.2) is 4.39 Å². The third kappa shape index (κ3) is 3.70. The lowest BCUT2D eigenvalue weighted by atomic mass is 9.93. The van der Waals surface area contributed by atoms with Crippen LogP contribution in [0.4, 0.5) is 4.39 Å². The number of aliphatic hydroxyl groups excluding tert-OH is 1. The molecular weight excluding hydrogens is 433 g/mol. The maximum Gasteiger partial charge on any atom is 0.290 e. The Morgan fingerprint density at radius 1 is 1.00 bits per heavy atom. The normalized spacial score (nSPS) is 16.6. The average molecular weight is 452 g/mol. The maximum atomic E-state index is 13.3. The van der Waals surface area contributed by atoms with Gasteiger partial charge in [0.2, 0.25) is 0 Å². The van der Waals surface area contributed by atoms with Gasteiger partial charge in [-0.05, 0) is 41.8 Å². The van der Waals surface area contributed by atoms with Crippen molar-refractivity contribution in [2.45, 2.75) is 19.5 Å². The minimum atomic E-state index is -0.467. The summed E-state index contributed by atoms with van der Waals surface area (Å²) in [5.41, 5.74) is 4.13. The molecule has 1 aliphatic rings. The van der Waals surface area contributed by atoms with Gasteiger partial charge in [0.25, 0.3) is 5.91 Å². The smallest absolute Gasteiger partial charge is 0.290 e. The van der Waals surface area contributed by atoms with Crippen LogP contribution in [-0.4, -0.2) is 15.9 Å². The van der Waals surface area contributed by atoms with Crippen molar-refractivity contribution >= 4 is 27.4 Å². The van der Waals surface area contributed by atoms with E-state index in [4.69, 9.17) is 0 Å². The number of carbonyl (C=O) groups excluding carboxylic acids is 1. The molecule has 0 fully saturated rings. The van der Waals surface area contributed by atoms with Crippen LogP contribution in [0.5, 0.6) is 0 Å². The standard InChI is InChI=1S/C24H19BrFNO2/c1-15-6-10-17(11-7-15)21-22(19-4-2-3-5-20(19)25)27(24(29)23(21)28)14-16-8-12-18(26)13-9-16/h2-13,22,28H,14H2,1H3/t22-/m0/s1. The molecule has 146 valence electrons. The van der Waals surface area contributed by atoms with Crippen LogP contribution < -0.4 is 0 Å². The van der Waals surface area contributed by atoms with Crippen LogP contribution in [0.1, 0.15) is 28.3 Å². The molecule has 0 aromatic heterocycles. The predicted molar refractivity (Wildman–Crippen MR) is 115 cm³/mol. The molecular formula is C24H19BrFNO2. The fourth-order valence-electron chi connectivity index (χ4n) is 3.65. The quantitative estimate of drug-likeness (QED) is 0.532. The summed E-state index contributed by atoms with van der Waals surface area (Å²) in [7, 11) is 0. The Balaban J connectivity index is 1.83. The third-order valence-corrected chi connectivity index (χ3v) is 5.85. The Bertz CT molecular complexity index is 1090. The van der Waals surface area contributed by atoms with Crippen LogP contribution in [0.25, 0.3) is 5.57 Å². The van der Waals surface area contributed by atoms with E-state index in [9.17, 15) is 14.3 Å². The van der Waals surface area contributed by atoms with Crippen molar-refractivity contribution < 1.29 is 14.3 Å². The fraction of sp³-hybridized carbons (Fsp3) is 0.125. The molecule has 0 radical (unpaired) electrons. The molecule has 0 unspecified atom stereocenters. The molecule has 1 amide bonds. The second kappa shape index (κ2) is 7.84. The molecule has 1 aliphatic heterocycles. The highest BCUT2D eigenvalue weighted by Gasteiger charge is 2.41. The predicted octanol–water partition coefficient (Wildman–Crippen LogP) is 5.95. The van der Waals surface area contributed by atoms with Crippen LogP contribution >= 0.6 is 15.9 Å². The molecule has 1 atom stereocenters. The van der Waals surface area contributed by atoms with E-state index in [-0.39, 0.29) is 18.1 Å². The van der Waals surface area contributed by atoms with E-state index in [0.717, 1.165) is 26.7 Å². The van der Waals surface area contributed by atoms with E-state index in [1.54, 1.807) is 17.0 Å². The Hall–Kier alpha value is -2.92. The van der Waals surface area contributed by atoms with Crippen molar-refractivity contribution in [2.24, 2.45) is 0 Å². The van der Waals surface area contributed by atoms with Gasteiger partial charge in [-0.15, -0.1) is 0 Å². The van der Waals surface area contributed by atoms with Gasteiger partial charge in [0.05, 0.1) is 6.04 Å². The number of amides is 1. The third-order valence-electron chi connectivity index (χ3n) is 5.13. The number of hydrogen-bond acceptors (Lipinski definition) is 2. The summed E-state index contributed by atoms with van der Waals surface area (Å²) >= 11 is 3.59. The van der Waals surface area contributed by atoms with E-state index in [1.165, 1.54) is 12.1 Å². The largest absolute Gasteiger partial charge is 0.503 e. The maximum absolute atomic E-state index is 13.3. The van der Waals surface area contributed by atoms with E-state index in [0.29, 0.717) is 5.57 Å². The molecule has 0 saturated carbocycles. The number of rotatable bonds is 4. The topological polar surface area (TPSA) is 40.5 Å². The summed E-state index contributed by atoms with van der Waals surface area (Å²) < 4.78 is 14.2. The van der Waals surface area contributed by atoms with Crippen molar-refractivity contribution in [3.63, 3.8) is 0 Å². The van der Waals surface area contributed by atoms with Crippen molar-refractivity contribution in [1.29, 1.82) is 0 Å². The Labute approximate surface area is 177 Å². The van der Waals surface area contributed by atoms with Crippen molar-refractivity contribution in [3.05, 3.63) is 111 Å². The second-order valence-corrected chi connectivity index (χ2v) is 7.97. The van der Waals surface area contributed by atoms with Gasteiger partial charge in [-0.2, -0.15) is 0 Å². The van der Waals surface area contributed by atoms with Gasteiger partial charge in [-0.1, -0.05) is 76.1 Å². The monoisotopic (exact) mass is 451 g/mol. The summed E-state index contributed by atoms with van der Waals surface area (Å²) in [6, 6.07) is 21.0. The number of aryl methyl sites for hydroxylation is 1. The number of nitrogens with zero attached hydrogens (tertiary/aromatic N) is 1. The average Bonchev–Trinajstić information content (AvgIpc) is 2.95. The second-order valence-electron chi connectivity index (χ2n) is 7.11. The summed E-state index contributed by atoms with van der Waals surface area (Å²) in [6.07, 6.45) is 0. The minimum Gasteiger partial charge on any atom is -0.503 e. The van der Waals surface area contributed by atoms with Gasteiger partial charge in [-0.3, -0.25) is 4.79 Å². The van der Waals surface area contributed by atoms with Gasteiger partial charge < -0.3 is 10.0 Å². The fourth-order valence-corrected chi connectivity index (χ4v) is 4.15. The van der Waals surface area contributed by atoms with E-state index >= 15 is 0 Å². The van der Waals surface area contributed by atoms with Gasteiger partial charge in [0.1, 0.15) is 5.82 Å². The molecule has 0 aliphatic carbocycles. The zero-order valence-electron chi connectivity index (χ0n) is 15.8. The first-order chi connectivity index (χ1) is 14.0. The molecule has 3 aromatic rings. The lowest BCUT2D eigenvalue weighted by Gasteiger charge is -2.28. The van der Waals surface area contributed by atoms with Crippen LogP contribution in [0.15, 0.2) is 83.0 Å². The highest BCUT2D eigenvalue weighted by molar-refractivity contribution is 9.10. The van der Waals surface area contributed by atoms with Crippen LogP contribution in [0, 0.1) is 12.7 Å². The highest BCUT2D eigenvalue weighted by Crippen LogP contribution is 2.45.